The standard InChI is InChI=1S/C15H15ClN2O2/c1-18-6-5-12-11(8-18)14(15(19)20-2)10-4-3-9(16)7-13(10)17-12/h3-4,7H,5-6,8H2,1-2H3. The van der Waals surface area contributed by atoms with E-state index in [0.717, 1.165) is 35.1 Å². The van der Waals surface area contributed by atoms with Crippen molar-refractivity contribution in [3.8, 4) is 0 Å². The maximum Gasteiger partial charge on any atom is 0.338 e. The van der Waals surface area contributed by atoms with Crippen molar-refractivity contribution >= 4 is 28.5 Å². The Kier molecular flexibility index (Phi) is 3.36. The van der Waals surface area contributed by atoms with Crippen molar-refractivity contribution in [3.05, 3.63) is 40.0 Å². The van der Waals surface area contributed by atoms with Gasteiger partial charge < -0.3 is 9.64 Å². The van der Waals surface area contributed by atoms with Crippen molar-refractivity contribution in [2.45, 2.75) is 13.0 Å². The predicted molar refractivity (Wildman–Crippen MR) is 78.1 cm³/mol. The lowest BCUT2D eigenvalue weighted by atomic mass is 9.96. The van der Waals surface area contributed by atoms with E-state index in [1.165, 1.54) is 7.11 Å². The third-order valence-corrected chi connectivity index (χ3v) is 3.92. The van der Waals surface area contributed by atoms with Gasteiger partial charge in [-0.1, -0.05) is 17.7 Å². The van der Waals surface area contributed by atoms with Gasteiger partial charge in [0.1, 0.15) is 0 Å². The SMILES string of the molecule is COC(=O)c1c2c(nc3cc(Cl)ccc13)CCN(C)C2. The highest BCUT2D eigenvalue weighted by molar-refractivity contribution is 6.31. The van der Waals surface area contributed by atoms with E-state index in [4.69, 9.17) is 16.3 Å². The van der Waals surface area contributed by atoms with Crippen LogP contribution in [0.3, 0.4) is 0 Å². The maximum absolute atomic E-state index is 12.2. The largest absolute Gasteiger partial charge is 0.465 e. The number of halogens is 1. The molecule has 2 heterocycles. The molecule has 1 aliphatic rings. The fourth-order valence-corrected chi connectivity index (χ4v) is 2.85. The Morgan fingerprint density at radius 3 is 3.00 bits per heavy atom. The lowest BCUT2D eigenvalue weighted by Crippen LogP contribution is -2.29. The molecule has 20 heavy (non-hydrogen) atoms. The number of benzene rings is 1. The fourth-order valence-electron chi connectivity index (χ4n) is 2.69. The highest BCUT2D eigenvalue weighted by Crippen LogP contribution is 2.29. The van der Waals surface area contributed by atoms with Crippen LogP contribution in [0.4, 0.5) is 0 Å². The quantitative estimate of drug-likeness (QED) is 0.757. The lowest BCUT2D eigenvalue weighted by Gasteiger charge is -2.26. The third-order valence-electron chi connectivity index (χ3n) is 3.68. The van der Waals surface area contributed by atoms with Gasteiger partial charge in [-0.25, -0.2) is 4.79 Å². The number of ether oxygens (including phenoxy) is 1. The summed E-state index contributed by atoms with van der Waals surface area (Å²) < 4.78 is 4.96. The number of nitrogens with zero attached hydrogens (tertiary/aromatic N) is 2. The smallest absolute Gasteiger partial charge is 0.338 e. The molecule has 3 rings (SSSR count). The minimum absolute atomic E-state index is 0.314. The van der Waals surface area contributed by atoms with E-state index in [0.29, 0.717) is 17.1 Å². The van der Waals surface area contributed by atoms with Crippen molar-refractivity contribution in [2.75, 3.05) is 20.7 Å². The van der Waals surface area contributed by atoms with Crippen LogP contribution in [0, 0.1) is 0 Å². The molecule has 0 saturated heterocycles. The van der Waals surface area contributed by atoms with Crippen LogP contribution in [0.5, 0.6) is 0 Å². The van der Waals surface area contributed by atoms with E-state index in [-0.39, 0.29) is 5.97 Å². The van der Waals surface area contributed by atoms with Crippen LogP contribution >= 0.6 is 11.6 Å². The second-order valence-corrected chi connectivity index (χ2v) is 5.49. The number of likely N-dealkylation sites (N-methyl/N-ethyl adjacent to an activating group) is 1. The first kappa shape index (κ1) is 13.3. The molecule has 0 bridgehead atoms. The fraction of sp³-hybridized carbons (Fsp3) is 0.333. The van der Waals surface area contributed by atoms with Gasteiger partial charge in [0.2, 0.25) is 0 Å². The molecule has 0 aliphatic carbocycles. The molecule has 0 amide bonds. The molecule has 104 valence electrons. The van der Waals surface area contributed by atoms with Gasteiger partial charge in [0.15, 0.2) is 0 Å². The maximum atomic E-state index is 12.2. The minimum atomic E-state index is -0.314. The molecule has 0 radical (unpaired) electrons. The molecule has 0 saturated carbocycles. The zero-order valence-corrected chi connectivity index (χ0v) is 12.2. The summed E-state index contributed by atoms with van der Waals surface area (Å²) in [5, 5.41) is 1.42. The molecule has 1 aromatic heterocycles. The topological polar surface area (TPSA) is 42.4 Å². The summed E-state index contributed by atoms with van der Waals surface area (Å²) in [5.41, 5.74) is 3.32. The summed E-state index contributed by atoms with van der Waals surface area (Å²) in [7, 11) is 3.44. The molecule has 0 atom stereocenters. The highest BCUT2D eigenvalue weighted by Gasteiger charge is 2.24. The van der Waals surface area contributed by atoms with Gasteiger partial charge in [0.05, 0.1) is 18.2 Å². The Bertz CT molecular complexity index is 700. The van der Waals surface area contributed by atoms with Gasteiger partial charge in [-0.3, -0.25) is 4.98 Å². The molecular weight excluding hydrogens is 276 g/mol. The van der Waals surface area contributed by atoms with Crippen molar-refractivity contribution in [3.63, 3.8) is 0 Å². The Morgan fingerprint density at radius 1 is 1.45 bits per heavy atom. The number of aromatic nitrogens is 1. The number of carbonyl (C=O) groups is 1. The molecular formula is C15H15ClN2O2. The predicted octanol–water partition coefficient (Wildman–Crippen LogP) is 2.66. The summed E-state index contributed by atoms with van der Waals surface area (Å²) >= 11 is 6.03. The molecule has 0 N–H and O–H groups in total. The molecule has 0 fully saturated rings. The van der Waals surface area contributed by atoms with Gasteiger partial charge in [0.25, 0.3) is 0 Å². The van der Waals surface area contributed by atoms with E-state index in [2.05, 4.69) is 9.88 Å². The van der Waals surface area contributed by atoms with Crippen LogP contribution in [-0.4, -0.2) is 36.6 Å². The summed E-state index contributed by atoms with van der Waals surface area (Å²) in [4.78, 5) is 19.0. The molecule has 1 aliphatic heterocycles. The Balaban J connectivity index is 2.34. The number of methoxy groups -OCH3 is 1. The molecule has 5 heteroatoms. The molecule has 0 unspecified atom stereocenters. The summed E-state index contributed by atoms with van der Waals surface area (Å²) in [6.45, 7) is 1.65. The van der Waals surface area contributed by atoms with Crippen LogP contribution < -0.4 is 0 Å². The first-order chi connectivity index (χ1) is 9.60. The van der Waals surface area contributed by atoms with Crippen molar-refractivity contribution in [2.24, 2.45) is 0 Å². The average molecular weight is 291 g/mol. The Hall–Kier alpha value is -1.65. The zero-order chi connectivity index (χ0) is 14.3. The summed E-state index contributed by atoms with van der Waals surface area (Å²) in [6, 6.07) is 5.41. The summed E-state index contributed by atoms with van der Waals surface area (Å²) in [6.07, 6.45) is 0.832. The monoisotopic (exact) mass is 290 g/mol. The van der Waals surface area contributed by atoms with Gasteiger partial charge in [0, 0.05) is 41.2 Å². The van der Waals surface area contributed by atoms with E-state index < -0.39 is 0 Å². The number of esters is 1. The number of hydrogen-bond acceptors (Lipinski definition) is 4. The number of hydrogen-bond donors (Lipinski definition) is 0. The number of rotatable bonds is 1. The average Bonchev–Trinajstić information content (AvgIpc) is 2.44. The van der Waals surface area contributed by atoms with E-state index in [1.807, 2.05) is 13.1 Å². The normalized spacial score (nSPS) is 15.2. The molecule has 4 nitrogen and oxygen atoms in total. The van der Waals surface area contributed by atoms with Crippen LogP contribution in [0.15, 0.2) is 18.2 Å². The first-order valence-corrected chi connectivity index (χ1v) is 6.86. The Morgan fingerprint density at radius 2 is 2.25 bits per heavy atom. The van der Waals surface area contributed by atoms with E-state index >= 15 is 0 Å². The second-order valence-electron chi connectivity index (χ2n) is 5.05. The van der Waals surface area contributed by atoms with Gasteiger partial charge in [-0.15, -0.1) is 0 Å². The summed E-state index contributed by atoms with van der Waals surface area (Å²) in [5.74, 6) is -0.314. The molecule has 0 spiro atoms. The zero-order valence-electron chi connectivity index (χ0n) is 11.4. The van der Waals surface area contributed by atoms with Crippen molar-refractivity contribution in [1.29, 1.82) is 0 Å². The van der Waals surface area contributed by atoms with E-state index in [9.17, 15) is 4.79 Å². The van der Waals surface area contributed by atoms with Gasteiger partial charge in [-0.05, 0) is 19.2 Å². The lowest BCUT2D eigenvalue weighted by molar-refractivity contribution is 0.0600. The minimum Gasteiger partial charge on any atom is -0.465 e. The van der Waals surface area contributed by atoms with Gasteiger partial charge >= 0.3 is 5.97 Å². The van der Waals surface area contributed by atoms with Gasteiger partial charge in [-0.2, -0.15) is 0 Å². The third kappa shape index (κ3) is 2.15. The first-order valence-electron chi connectivity index (χ1n) is 6.48. The number of pyridine rings is 1. The molecule has 2 aromatic rings. The van der Waals surface area contributed by atoms with E-state index in [1.54, 1.807) is 12.1 Å². The van der Waals surface area contributed by atoms with Crippen molar-refractivity contribution in [1.82, 2.24) is 9.88 Å². The van der Waals surface area contributed by atoms with Crippen molar-refractivity contribution < 1.29 is 9.53 Å². The van der Waals surface area contributed by atoms with Crippen LogP contribution in [0.2, 0.25) is 5.02 Å². The highest BCUT2D eigenvalue weighted by atomic mass is 35.5. The number of fused-ring (bicyclic) bond motifs is 2. The Labute approximate surface area is 122 Å². The number of carbonyl (C=O) groups excluding carboxylic acids is 1. The van der Waals surface area contributed by atoms with Crippen LogP contribution in [-0.2, 0) is 17.7 Å². The van der Waals surface area contributed by atoms with Crippen LogP contribution in [0.25, 0.3) is 10.9 Å². The van der Waals surface area contributed by atoms with Crippen LogP contribution in [0.1, 0.15) is 21.6 Å². The molecule has 1 aromatic carbocycles. The second kappa shape index (κ2) is 5.04.